The van der Waals surface area contributed by atoms with Gasteiger partial charge in [-0.25, -0.2) is 4.90 Å². The summed E-state index contributed by atoms with van der Waals surface area (Å²) >= 11 is 0. The average Bonchev–Trinajstić information content (AvgIpc) is 2.96. The lowest BCUT2D eigenvalue weighted by atomic mass is 10.1. The molecule has 0 radical (unpaired) electrons. The molecule has 0 aromatic heterocycles. The van der Waals surface area contributed by atoms with Gasteiger partial charge in [0.25, 0.3) is 17.5 Å². The van der Waals surface area contributed by atoms with Gasteiger partial charge in [-0.2, -0.15) is 0 Å². The Bertz CT molecular complexity index is 1170. The highest BCUT2D eigenvalue weighted by Crippen LogP contribution is 2.35. The number of nitrogens with zero attached hydrogens (tertiary/aromatic N) is 2. The fourth-order valence-electron chi connectivity index (χ4n) is 3.23. The van der Waals surface area contributed by atoms with Gasteiger partial charge in [-0.15, -0.1) is 0 Å². The molecular formula is C22H16N2O5. The molecule has 29 heavy (non-hydrogen) atoms. The maximum atomic E-state index is 12.7. The lowest BCUT2D eigenvalue weighted by Gasteiger charge is -2.14. The lowest BCUT2D eigenvalue weighted by molar-refractivity contribution is -0.385. The highest BCUT2D eigenvalue weighted by molar-refractivity contribution is 6.35. The molecule has 1 aliphatic heterocycles. The number of imide groups is 1. The first-order valence-corrected chi connectivity index (χ1v) is 8.88. The molecule has 0 fully saturated rings. The van der Waals surface area contributed by atoms with Crippen LogP contribution < -0.4 is 9.64 Å². The van der Waals surface area contributed by atoms with Crippen LogP contribution in [0.1, 0.15) is 31.8 Å². The predicted octanol–water partition coefficient (Wildman–Crippen LogP) is 4.80. The van der Waals surface area contributed by atoms with E-state index in [9.17, 15) is 19.7 Å². The third-order valence-corrected chi connectivity index (χ3v) is 4.90. The predicted molar refractivity (Wildman–Crippen MR) is 107 cm³/mol. The SMILES string of the molecule is Cc1ccc(Oc2ccc(N3C(=O)c4cccc([N+](=O)[O-])c4C3=O)cc2)cc1C. The van der Waals surface area contributed by atoms with Crippen LogP contribution in [0.3, 0.4) is 0 Å². The van der Waals surface area contributed by atoms with Gasteiger partial charge >= 0.3 is 0 Å². The van der Waals surface area contributed by atoms with Crippen molar-refractivity contribution in [2.24, 2.45) is 0 Å². The number of nitro benzene ring substituents is 1. The lowest BCUT2D eigenvalue weighted by Crippen LogP contribution is -2.29. The van der Waals surface area contributed by atoms with Crippen LogP contribution in [0, 0.1) is 24.0 Å². The second kappa shape index (κ2) is 6.87. The molecule has 0 saturated carbocycles. The molecule has 0 atom stereocenters. The van der Waals surface area contributed by atoms with E-state index in [1.807, 2.05) is 32.0 Å². The number of carbonyl (C=O) groups is 2. The second-order valence-electron chi connectivity index (χ2n) is 6.74. The molecule has 7 heteroatoms. The first-order chi connectivity index (χ1) is 13.9. The Morgan fingerprint density at radius 2 is 1.55 bits per heavy atom. The molecule has 0 unspecified atom stereocenters. The molecular weight excluding hydrogens is 372 g/mol. The quantitative estimate of drug-likeness (QED) is 0.364. The maximum Gasteiger partial charge on any atom is 0.283 e. The van der Waals surface area contributed by atoms with E-state index < -0.39 is 16.7 Å². The Labute approximate surface area is 166 Å². The van der Waals surface area contributed by atoms with E-state index in [0.717, 1.165) is 16.0 Å². The molecule has 1 aliphatic rings. The van der Waals surface area contributed by atoms with Gasteiger partial charge in [0.15, 0.2) is 0 Å². The number of hydrogen-bond acceptors (Lipinski definition) is 5. The van der Waals surface area contributed by atoms with Gasteiger partial charge < -0.3 is 4.74 Å². The first-order valence-electron chi connectivity index (χ1n) is 8.88. The van der Waals surface area contributed by atoms with Crippen molar-refractivity contribution < 1.29 is 19.2 Å². The summed E-state index contributed by atoms with van der Waals surface area (Å²) in [6.45, 7) is 4.01. The van der Waals surface area contributed by atoms with E-state index in [1.165, 1.54) is 18.2 Å². The fraction of sp³-hybridized carbons (Fsp3) is 0.0909. The Morgan fingerprint density at radius 3 is 2.21 bits per heavy atom. The van der Waals surface area contributed by atoms with Gasteiger partial charge in [0.05, 0.1) is 16.2 Å². The summed E-state index contributed by atoms with van der Waals surface area (Å²) in [6.07, 6.45) is 0. The van der Waals surface area contributed by atoms with Gasteiger partial charge in [-0.1, -0.05) is 12.1 Å². The molecule has 1 heterocycles. The summed E-state index contributed by atoms with van der Waals surface area (Å²) < 4.78 is 5.82. The van der Waals surface area contributed by atoms with E-state index >= 15 is 0 Å². The zero-order valence-electron chi connectivity index (χ0n) is 15.7. The fourth-order valence-corrected chi connectivity index (χ4v) is 3.23. The zero-order chi connectivity index (χ0) is 20.7. The van der Waals surface area contributed by atoms with Crippen molar-refractivity contribution in [1.82, 2.24) is 0 Å². The van der Waals surface area contributed by atoms with E-state index in [0.29, 0.717) is 17.2 Å². The minimum Gasteiger partial charge on any atom is -0.457 e. The van der Waals surface area contributed by atoms with Crippen molar-refractivity contribution in [2.45, 2.75) is 13.8 Å². The van der Waals surface area contributed by atoms with Crippen LogP contribution in [0.4, 0.5) is 11.4 Å². The number of benzene rings is 3. The molecule has 0 spiro atoms. The first kappa shape index (κ1) is 18.4. The summed E-state index contributed by atoms with van der Waals surface area (Å²) in [5.74, 6) is -0.0755. The Hall–Kier alpha value is -4.00. The van der Waals surface area contributed by atoms with Crippen LogP contribution in [-0.2, 0) is 0 Å². The molecule has 3 aromatic carbocycles. The second-order valence-corrected chi connectivity index (χ2v) is 6.74. The summed E-state index contributed by atoms with van der Waals surface area (Å²) in [4.78, 5) is 36.9. The number of amides is 2. The maximum absolute atomic E-state index is 12.7. The summed E-state index contributed by atoms with van der Waals surface area (Å²) in [5, 5.41) is 11.2. The van der Waals surface area contributed by atoms with Gasteiger partial charge in [0.2, 0.25) is 0 Å². The Morgan fingerprint density at radius 1 is 0.862 bits per heavy atom. The number of fused-ring (bicyclic) bond motifs is 1. The van der Waals surface area contributed by atoms with E-state index in [2.05, 4.69) is 0 Å². The minimum absolute atomic E-state index is 0.0275. The van der Waals surface area contributed by atoms with Crippen molar-refractivity contribution in [3.05, 3.63) is 93.0 Å². The number of carbonyl (C=O) groups excluding carboxylic acids is 2. The highest BCUT2D eigenvalue weighted by Gasteiger charge is 2.41. The molecule has 0 bridgehead atoms. The number of rotatable bonds is 4. The van der Waals surface area contributed by atoms with Crippen LogP contribution in [0.15, 0.2) is 60.7 Å². The van der Waals surface area contributed by atoms with Crippen LogP contribution >= 0.6 is 0 Å². The summed E-state index contributed by atoms with van der Waals surface area (Å²) in [5.41, 5.74) is 2.05. The molecule has 0 N–H and O–H groups in total. The Balaban J connectivity index is 1.62. The standard InChI is InChI=1S/C22H16N2O5/c1-13-6-9-17(12-14(13)2)29-16-10-7-15(8-11-16)23-21(25)18-4-3-5-19(24(27)28)20(18)22(23)26/h3-12H,1-2H3. The number of hydrogen-bond donors (Lipinski definition) is 0. The van der Waals surface area contributed by atoms with Gasteiger partial charge in [-0.3, -0.25) is 19.7 Å². The van der Waals surface area contributed by atoms with Crippen molar-refractivity contribution in [1.29, 1.82) is 0 Å². The smallest absolute Gasteiger partial charge is 0.283 e. The van der Waals surface area contributed by atoms with Gasteiger partial charge in [0, 0.05) is 6.07 Å². The topological polar surface area (TPSA) is 89.8 Å². The molecule has 0 saturated heterocycles. The number of anilines is 1. The number of nitro groups is 1. The van der Waals surface area contributed by atoms with Crippen LogP contribution in [0.5, 0.6) is 11.5 Å². The van der Waals surface area contributed by atoms with Gasteiger partial charge in [-0.05, 0) is 67.4 Å². The van der Waals surface area contributed by atoms with Crippen molar-refractivity contribution in [3.63, 3.8) is 0 Å². The van der Waals surface area contributed by atoms with Gasteiger partial charge in [0.1, 0.15) is 17.1 Å². The van der Waals surface area contributed by atoms with Crippen molar-refractivity contribution in [3.8, 4) is 11.5 Å². The average molecular weight is 388 g/mol. The Kier molecular flexibility index (Phi) is 4.35. The summed E-state index contributed by atoms with van der Waals surface area (Å²) in [6, 6.07) is 16.2. The van der Waals surface area contributed by atoms with Crippen LogP contribution in [0.2, 0.25) is 0 Å². The molecule has 2 amide bonds. The minimum atomic E-state index is -0.708. The third-order valence-electron chi connectivity index (χ3n) is 4.90. The molecule has 0 aliphatic carbocycles. The molecule has 144 valence electrons. The summed E-state index contributed by atoms with van der Waals surface area (Å²) in [7, 11) is 0. The molecule has 7 nitrogen and oxygen atoms in total. The van der Waals surface area contributed by atoms with Crippen molar-refractivity contribution in [2.75, 3.05) is 4.90 Å². The largest absolute Gasteiger partial charge is 0.457 e. The molecule has 3 aromatic rings. The van der Waals surface area contributed by atoms with Crippen LogP contribution in [0.25, 0.3) is 0 Å². The zero-order valence-corrected chi connectivity index (χ0v) is 15.7. The van der Waals surface area contributed by atoms with E-state index in [4.69, 9.17) is 4.74 Å². The third kappa shape index (κ3) is 3.12. The number of ether oxygens (including phenoxy) is 1. The number of aryl methyl sites for hydroxylation is 2. The molecule has 4 rings (SSSR count). The monoisotopic (exact) mass is 388 g/mol. The van der Waals surface area contributed by atoms with E-state index in [-0.39, 0.29) is 16.8 Å². The normalized spacial score (nSPS) is 12.8. The van der Waals surface area contributed by atoms with Crippen LogP contribution in [-0.4, -0.2) is 16.7 Å². The van der Waals surface area contributed by atoms with Crippen molar-refractivity contribution >= 4 is 23.2 Å². The highest BCUT2D eigenvalue weighted by atomic mass is 16.6. The van der Waals surface area contributed by atoms with E-state index in [1.54, 1.807) is 24.3 Å².